The molecule has 296 valence electrons. The maximum absolute atomic E-state index is 12.7. The third-order valence-electron chi connectivity index (χ3n) is 10.9. The van der Waals surface area contributed by atoms with Crippen LogP contribution in [0.25, 0.3) is 0 Å². The fourth-order valence-corrected chi connectivity index (χ4v) is 6.93. The third kappa shape index (κ3) is 12.5. The number of hydrogen-bond donors (Lipinski definition) is 6. The molecule has 11 heteroatoms. The molecule has 2 aliphatic rings. The first kappa shape index (κ1) is 42.6. The third-order valence-corrected chi connectivity index (χ3v) is 10.9. The van der Waals surface area contributed by atoms with Crippen molar-refractivity contribution in [3.63, 3.8) is 0 Å². The molecule has 0 aliphatic carbocycles. The van der Waals surface area contributed by atoms with E-state index in [4.69, 9.17) is 5.11 Å². The minimum atomic E-state index is -0.848. The molecule has 6 rings (SSSR count). The largest absolute Gasteiger partial charge is 0.508 e. The van der Waals surface area contributed by atoms with E-state index < -0.39 is 11.4 Å². The van der Waals surface area contributed by atoms with Gasteiger partial charge in [-0.25, -0.2) is 0 Å². The second-order valence-corrected chi connectivity index (χ2v) is 15.0. The maximum Gasteiger partial charge on any atom is 0.303 e. The van der Waals surface area contributed by atoms with Crippen LogP contribution < -0.4 is 5.32 Å². The summed E-state index contributed by atoms with van der Waals surface area (Å²) < 4.78 is 0. The number of aromatic hydroxyl groups is 4. The molecule has 0 unspecified atom stereocenters. The molecule has 55 heavy (non-hydrogen) atoms. The summed E-state index contributed by atoms with van der Waals surface area (Å²) in [6.45, 7) is 12.2. The number of rotatable bonds is 10. The molecule has 2 aliphatic heterocycles. The van der Waals surface area contributed by atoms with Crippen LogP contribution >= 0.6 is 0 Å². The van der Waals surface area contributed by atoms with Crippen LogP contribution in [0.15, 0.2) is 97.1 Å². The Morgan fingerprint density at radius 2 is 0.836 bits per heavy atom. The molecule has 6 N–H and O–H groups in total. The second-order valence-electron chi connectivity index (χ2n) is 15.0. The molecule has 1 amide bonds. The topological polar surface area (TPSA) is 157 Å². The summed E-state index contributed by atoms with van der Waals surface area (Å²) in [5.74, 6) is 0.126. The quantitative estimate of drug-likeness (QED) is 0.118. The number of benzene rings is 4. The predicted molar refractivity (Wildman–Crippen MR) is 216 cm³/mol. The van der Waals surface area contributed by atoms with Crippen LogP contribution in [0.4, 0.5) is 0 Å². The van der Waals surface area contributed by atoms with Gasteiger partial charge >= 0.3 is 5.97 Å². The summed E-state index contributed by atoms with van der Waals surface area (Å²) in [7, 11) is 4.23. The zero-order chi connectivity index (χ0) is 40.0. The van der Waals surface area contributed by atoms with Gasteiger partial charge in [-0.05, 0) is 97.7 Å². The van der Waals surface area contributed by atoms with Crippen molar-refractivity contribution < 1.29 is 35.1 Å². The number of carboxylic acids is 1. The Balaban J connectivity index is 0.000000212. The highest BCUT2D eigenvalue weighted by atomic mass is 16.4. The fraction of sp³-hybridized carbons (Fsp3) is 0.409. The second kappa shape index (κ2) is 20.0. The SMILES string of the molecule is CC(CCC(=O)O)(c1ccc(O)cc1)c1ccc(O)cc1.CN1CCN(C(=O)CCC(C)(c2ccc(O)cc2)c2ccc(O)cc2)CC1.CN1CCNCC1. The number of aliphatic carboxylic acids is 1. The van der Waals surface area contributed by atoms with E-state index in [2.05, 4.69) is 36.1 Å². The molecule has 0 saturated carbocycles. The van der Waals surface area contributed by atoms with Gasteiger partial charge < -0.3 is 45.5 Å². The van der Waals surface area contributed by atoms with E-state index in [9.17, 15) is 30.0 Å². The van der Waals surface area contributed by atoms with Gasteiger partial charge in [0.1, 0.15) is 23.0 Å². The average Bonchev–Trinajstić information content (AvgIpc) is 3.18. The summed E-state index contributed by atoms with van der Waals surface area (Å²) in [6.07, 6.45) is 1.59. The maximum atomic E-state index is 12.7. The highest BCUT2D eigenvalue weighted by Gasteiger charge is 2.32. The first-order chi connectivity index (χ1) is 26.2. The number of likely N-dealkylation sites (N-methyl/N-ethyl adjacent to an activating group) is 2. The molecule has 0 spiro atoms. The van der Waals surface area contributed by atoms with Gasteiger partial charge in [0.15, 0.2) is 0 Å². The lowest BCUT2D eigenvalue weighted by molar-refractivity contribution is -0.137. The molecular formula is C44H58N4O7. The smallest absolute Gasteiger partial charge is 0.303 e. The molecule has 4 aromatic carbocycles. The van der Waals surface area contributed by atoms with Crippen LogP contribution in [0.2, 0.25) is 0 Å². The number of amides is 1. The fourth-order valence-electron chi connectivity index (χ4n) is 6.93. The Labute approximate surface area is 325 Å². The summed E-state index contributed by atoms with van der Waals surface area (Å²) in [6, 6.07) is 27.9. The lowest BCUT2D eigenvalue weighted by Crippen LogP contribution is -2.47. The van der Waals surface area contributed by atoms with Gasteiger partial charge in [-0.2, -0.15) is 0 Å². The lowest BCUT2D eigenvalue weighted by atomic mass is 9.73. The van der Waals surface area contributed by atoms with Gasteiger partial charge in [-0.15, -0.1) is 0 Å². The normalized spacial score (nSPS) is 15.2. The van der Waals surface area contributed by atoms with E-state index in [1.807, 2.05) is 36.1 Å². The van der Waals surface area contributed by atoms with E-state index in [0.29, 0.717) is 19.3 Å². The van der Waals surface area contributed by atoms with Crippen molar-refractivity contribution >= 4 is 11.9 Å². The summed E-state index contributed by atoms with van der Waals surface area (Å²) in [5, 5.41) is 50.4. The number of carbonyl (C=O) groups excluding carboxylic acids is 1. The molecule has 2 fully saturated rings. The van der Waals surface area contributed by atoms with Gasteiger partial charge in [0.25, 0.3) is 0 Å². The number of nitrogens with one attached hydrogen (secondary N) is 1. The number of phenolic OH excluding ortho intramolecular Hbond substituents is 4. The zero-order valence-electron chi connectivity index (χ0n) is 32.6. The standard InChI is InChI=1S/C22H28N2O3.C17H18O4.C5H12N2/c1-22(17-3-7-19(25)8-4-17,18-5-9-20(26)10-6-18)12-11-21(27)24-15-13-23(2)14-16-24;1-17(11-10-16(20)21,12-2-6-14(18)7-3-12)13-4-8-15(19)9-5-13;1-7-4-2-6-3-5-7/h3-10,25-26H,11-16H2,1-2H3;2-9,18-19H,10-11H2,1H3,(H,20,21);6H,2-5H2,1H3. The Morgan fingerprint density at radius 3 is 1.13 bits per heavy atom. The van der Waals surface area contributed by atoms with Crippen molar-refractivity contribution in [1.29, 1.82) is 0 Å². The first-order valence-corrected chi connectivity index (χ1v) is 18.9. The number of hydrogen-bond acceptors (Lipinski definition) is 9. The molecule has 2 heterocycles. The monoisotopic (exact) mass is 754 g/mol. The van der Waals surface area contributed by atoms with Gasteiger partial charge in [0, 0.05) is 76.0 Å². The predicted octanol–water partition coefficient (Wildman–Crippen LogP) is 5.75. The molecule has 0 radical (unpaired) electrons. The highest BCUT2D eigenvalue weighted by molar-refractivity contribution is 5.76. The average molecular weight is 755 g/mol. The Kier molecular flexibility index (Phi) is 15.5. The Morgan fingerprint density at radius 1 is 0.527 bits per heavy atom. The van der Waals surface area contributed by atoms with Gasteiger partial charge in [0.05, 0.1) is 0 Å². The van der Waals surface area contributed by atoms with E-state index in [-0.39, 0.29) is 40.7 Å². The van der Waals surface area contributed by atoms with E-state index in [0.717, 1.165) is 61.5 Å². The van der Waals surface area contributed by atoms with Crippen LogP contribution in [-0.4, -0.2) is 119 Å². The minimum absolute atomic E-state index is 0.0399. The molecule has 2 saturated heterocycles. The first-order valence-electron chi connectivity index (χ1n) is 18.9. The van der Waals surface area contributed by atoms with Crippen molar-refractivity contribution in [3.05, 3.63) is 119 Å². The van der Waals surface area contributed by atoms with Crippen molar-refractivity contribution in [1.82, 2.24) is 20.0 Å². The van der Waals surface area contributed by atoms with Crippen LogP contribution in [0, 0.1) is 0 Å². The summed E-state index contributed by atoms with van der Waals surface area (Å²) in [5.41, 5.74) is 3.04. The number of carbonyl (C=O) groups is 2. The molecule has 4 aromatic rings. The van der Waals surface area contributed by atoms with Crippen LogP contribution in [-0.2, 0) is 20.4 Å². The van der Waals surface area contributed by atoms with E-state index in [1.165, 1.54) is 13.1 Å². The van der Waals surface area contributed by atoms with Gasteiger partial charge in [0.2, 0.25) is 5.91 Å². The Hall–Kier alpha value is -5.10. The molecule has 0 bridgehead atoms. The van der Waals surface area contributed by atoms with Crippen LogP contribution in [0.1, 0.15) is 61.8 Å². The number of piperazine rings is 2. The number of nitrogens with zero attached hydrogens (tertiary/aromatic N) is 3. The molecular weight excluding hydrogens is 697 g/mol. The van der Waals surface area contributed by atoms with Gasteiger partial charge in [-0.1, -0.05) is 62.4 Å². The molecule has 0 atom stereocenters. The van der Waals surface area contributed by atoms with Gasteiger partial charge in [-0.3, -0.25) is 9.59 Å². The highest BCUT2D eigenvalue weighted by Crippen LogP contribution is 2.39. The number of phenols is 4. The molecule has 11 nitrogen and oxygen atoms in total. The van der Waals surface area contributed by atoms with Crippen LogP contribution in [0.5, 0.6) is 23.0 Å². The lowest BCUT2D eigenvalue weighted by Gasteiger charge is -2.35. The summed E-state index contributed by atoms with van der Waals surface area (Å²) >= 11 is 0. The van der Waals surface area contributed by atoms with E-state index in [1.54, 1.807) is 72.8 Å². The van der Waals surface area contributed by atoms with Crippen LogP contribution in [0.3, 0.4) is 0 Å². The zero-order valence-corrected chi connectivity index (χ0v) is 32.6. The minimum Gasteiger partial charge on any atom is -0.508 e. The van der Waals surface area contributed by atoms with Crippen molar-refractivity contribution in [2.75, 3.05) is 66.5 Å². The van der Waals surface area contributed by atoms with Crippen molar-refractivity contribution in [3.8, 4) is 23.0 Å². The number of carboxylic acid groups (broad SMARTS) is 1. The molecule has 0 aromatic heterocycles. The van der Waals surface area contributed by atoms with E-state index >= 15 is 0 Å². The van der Waals surface area contributed by atoms with Crippen molar-refractivity contribution in [2.24, 2.45) is 0 Å². The Bertz CT molecular complexity index is 1680. The summed E-state index contributed by atoms with van der Waals surface area (Å²) in [4.78, 5) is 30.2. The van der Waals surface area contributed by atoms with Crippen molar-refractivity contribution in [2.45, 2.75) is 50.4 Å².